The van der Waals surface area contributed by atoms with E-state index in [2.05, 4.69) is 23.5 Å². The molecule has 1 fully saturated rings. The Morgan fingerprint density at radius 1 is 1.00 bits per heavy atom. The van der Waals surface area contributed by atoms with Gasteiger partial charge in [-0.2, -0.15) is 0 Å². The summed E-state index contributed by atoms with van der Waals surface area (Å²) in [5.41, 5.74) is 3.32. The maximum atomic E-state index is 12.0. The molecule has 0 saturated heterocycles. The molecule has 23 heavy (non-hydrogen) atoms. The predicted molar refractivity (Wildman–Crippen MR) is 98.4 cm³/mol. The van der Waals surface area contributed by atoms with Crippen molar-refractivity contribution in [3.8, 4) is 0 Å². The Hall–Kier alpha value is -1.26. The van der Waals surface area contributed by atoms with E-state index >= 15 is 0 Å². The number of aryl methyl sites for hydroxylation is 2. The Balaban J connectivity index is 0.00000192. The van der Waals surface area contributed by atoms with E-state index in [4.69, 9.17) is 0 Å². The van der Waals surface area contributed by atoms with Crippen molar-refractivity contribution >= 4 is 23.4 Å². The van der Waals surface area contributed by atoms with Crippen LogP contribution in [-0.2, 0) is 20.6 Å². The molecule has 128 valence electrons. The van der Waals surface area contributed by atoms with E-state index in [1.54, 1.807) is 9.13 Å². The Morgan fingerprint density at radius 3 is 2.30 bits per heavy atom. The Bertz CT molecular complexity index is 696. The minimum absolute atomic E-state index is 0. The minimum atomic E-state index is 0. The lowest BCUT2D eigenvalue weighted by molar-refractivity contribution is 0.389. The molecular weight excluding hydrogens is 310 g/mol. The van der Waals surface area contributed by atoms with E-state index in [1.807, 2.05) is 14.1 Å². The molecule has 0 radical (unpaired) electrons. The van der Waals surface area contributed by atoms with Gasteiger partial charge in [0.2, 0.25) is 0 Å². The maximum absolute atomic E-state index is 12.0. The predicted octanol–water partition coefficient (Wildman–Crippen LogP) is 3.50. The summed E-state index contributed by atoms with van der Waals surface area (Å²) in [6.45, 7) is 0.893. The van der Waals surface area contributed by atoms with Crippen LogP contribution in [0.4, 0.5) is 0 Å². The maximum Gasteiger partial charge on any atom is 0.328 e. The van der Waals surface area contributed by atoms with Crippen molar-refractivity contribution in [3.63, 3.8) is 0 Å². The normalized spacial score (nSPS) is 16.8. The SMILES string of the molecule is Cl.Cn1c(=O)n(C)c2cc(CNC3CCCCCCC3)ccc21. The van der Waals surface area contributed by atoms with Gasteiger partial charge in [-0.3, -0.25) is 9.13 Å². The van der Waals surface area contributed by atoms with Gasteiger partial charge in [-0.15, -0.1) is 12.4 Å². The van der Waals surface area contributed by atoms with Crippen LogP contribution in [0.25, 0.3) is 11.0 Å². The zero-order chi connectivity index (χ0) is 15.5. The smallest absolute Gasteiger partial charge is 0.310 e. The fraction of sp³-hybridized carbons (Fsp3) is 0.611. The first-order valence-electron chi connectivity index (χ1n) is 8.54. The van der Waals surface area contributed by atoms with Crippen LogP contribution in [0.5, 0.6) is 0 Å². The molecule has 4 nitrogen and oxygen atoms in total. The summed E-state index contributed by atoms with van der Waals surface area (Å²) in [6, 6.07) is 6.99. The molecular formula is C18H28ClN3O. The van der Waals surface area contributed by atoms with Gasteiger partial charge >= 0.3 is 5.69 Å². The number of nitrogens with one attached hydrogen (secondary N) is 1. The molecule has 5 heteroatoms. The molecule has 0 unspecified atom stereocenters. The van der Waals surface area contributed by atoms with Crippen molar-refractivity contribution in [2.45, 2.75) is 57.5 Å². The topological polar surface area (TPSA) is 39.0 Å². The Labute approximate surface area is 144 Å². The molecule has 3 rings (SSSR count). The second kappa shape index (κ2) is 8.02. The monoisotopic (exact) mass is 337 g/mol. The zero-order valence-electron chi connectivity index (χ0n) is 14.2. The number of hydrogen-bond donors (Lipinski definition) is 1. The number of fused-ring (bicyclic) bond motifs is 1. The summed E-state index contributed by atoms with van der Waals surface area (Å²) in [5, 5.41) is 3.72. The largest absolute Gasteiger partial charge is 0.328 e. The second-order valence-corrected chi connectivity index (χ2v) is 6.65. The quantitative estimate of drug-likeness (QED) is 0.931. The van der Waals surface area contributed by atoms with Crippen LogP contribution in [0.1, 0.15) is 50.5 Å². The van der Waals surface area contributed by atoms with Gasteiger partial charge in [0.25, 0.3) is 0 Å². The van der Waals surface area contributed by atoms with Crippen molar-refractivity contribution in [1.29, 1.82) is 0 Å². The molecule has 1 N–H and O–H groups in total. The summed E-state index contributed by atoms with van der Waals surface area (Å²) in [5.74, 6) is 0. The van der Waals surface area contributed by atoms with Crippen LogP contribution >= 0.6 is 12.4 Å². The van der Waals surface area contributed by atoms with E-state index < -0.39 is 0 Å². The first-order chi connectivity index (χ1) is 10.7. The number of benzene rings is 1. The van der Waals surface area contributed by atoms with Gasteiger partial charge in [0.05, 0.1) is 11.0 Å². The lowest BCUT2D eigenvalue weighted by Gasteiger charge is -2.21. The zero-order valence-corrected chi connectivity index (χ0v) is 15.0. The van der Waals surface area contributed by atoms with Crippen LogP contribution in [0.3, 0.4) is 0 Å². The molecule has 1 aliphatic carbocycles. The second-order valence-electron chi connectivity index (χ2n) is 6.65. The molecule has 1 aliphatic rings. The number of halogens is 1. The highest BCUT2D eigenvalue weighted by atomic mass is 35.5. The highest BCUT2D eigenvalue weighted by Gasteiger charge is 2.12. The fourth-order valence-electron chi connectivity index (χ4n) is 3.58. The first kappa shape index (κ1) is 18.1. The average molecular weight is 338 g/mol. The molecule has 1 aromatic heterocycles. The lowest BCUT2D eigenvalue weighted by Crippen LogP contribution is -2.29. The van der Waals surface area contributed by atoms with E-state index in [1.165, 1.54) is 50.5 Å². The number of nitrogens with zero attached hydrogens (tertiary/aromatic N) is 2. The molecule has 1 heterocycles. The molecule has 0 aliphatic heterocycles. The van der Waals surface area contributed by atoms with Crippen molar-refractivity contribution in [1.82, 2.24) is 14.5 Å². The van der Waals surface area contributed by atoms with Gasteiger partial charge in [-0.1, -0.05) is 38.2 Å². The van der Waals surface area contributed by atoms with Gasteiger partial charge in [-0.05, 0) is 30.5 Å². The van der Waals surface area contributed by atoms with Crippen LogP contribution in [0.15, 0.2) is 23.0 Å². The number of aromatic nitrogens is 2. The number of imidazole rings is 1. The van der Waals surface area contributed by atoms with Gasteiger partial charge in [0.15, 0.2) is 0 Å². The molecule has 1 aromatic carbocycles. The van der Waals surface area contributed by atoms with Crippen LogP contribution < -0.4 is 11.0 Å². The molecule has 2 aromatic rings. The van der Waals surface area contributed by atoms with E-state index in [0.717, 1.165) is 17.6 Å². The highest BCUT2D eigenvalue weighted by Crippen LogP contribution is 2.18. The van der Waals surface area contributed by atoms with Crippen molar-refractivity contribution in [2.24, 2.45) is 14.1 Å². The van der Waals surface area contributed by atoms with Crippen molar-refractivity contribution in [3.05, 3.63) is 34.2 Å². The summed E-state index contributed by atoms with van der Waals surface area (Å²) in [4.78, 5) is 12.0. The third kappa shape index (κ3) is 3.99. The average Bonchev–Trinajstić information content (AvgIpc) is 2.71. The fourth-order valence-corrected chi connectivity index (χ4v) is 3.58. The Morgan fingerprint density at radius 2 is 1.61 bits per heavy atom. The standard InChI is InChI=1S/C18H27N3O.ClH/c1-20-16-11-10-14(12-17(16)21(2)18(20)22)13-19-15-8-6-4-3-5-7-9-15;/h10-12,15,19H,3-9,13H2,1-2H3;1H. The first-order valence-corrected chi connectivity index (χ1v) is 8.54. The van der Waals surface area contributed by atoms with Crippen LogP contribution in [-0.4, -0.2) is 15.2 Å². The molecule has 1 saturated carbocycles. The highest BCUT2D eigenvalue weighted by molar-refractivity contribution is 5.85. The summed E-state index contributed by atoms with van der Waals surface area (Å²) in [7, 11) is 3.67. The number of rotatable bonds is 3. The van der Waals surface area contributed by atoms with Gasteiger partial charge < -0.3 is 5.32 Å². The summed E-state index contributed by atoms with van der Waals surface area (Å²) in [6.07, 6.45) is 9.48. The van der Waals surface area contributed by atoms with Crippen LogP contribution in [0.2, 0.25) is 0 Å². The lowest BCUT2D eigenvalue weighted by atomic mass is 9.96. The molecule has 0 spiro atoms. The molecule has 0 atom stereocenters. The minimum Gasteiger partial charge on any atom is -0.310 e. The van der Waals surface area contributed by atoms with Gasteiger partial charge in [0.1, 0.15) is 0 Å². The van der Waals surface area contributed by atoms with E-state index in [-0.39, 0.29) is 18.1 Å². The van der Waals surface area contributed by atoms with Crippen molar-refractivity contribution < 1.29 is 0 Å². The molecule has 0 bridgehead atoms. The molecule has 0 amide bonds. The van der Waals surface area contributed by atoms with Gasteiger partial charge in [-0.25, -0.2) is 4.79 Å². The third-order valence-corrected chi connectivity index (χ3v) is 5.04. The van der Waals surface area contributed by atoms with Crippen LogP contribution in [0, 0.1) is 0 Å². The van der Waals surface area contributed by atoms with Crippen molar-refractivity contribution in [2.75, 3.05) is 0 Å². The van der Waals surface area contributed by atoms with E-state index in [9.17, 15) is 4.79 Å². The van der Waals surface area contributed by atoms with Gasteiger partial charge in [0, 0.05) is 26.7 Å². The Kier molecular flexibility index (Phi) is 6.31. The third-order valence-electron chi connectivity index (χ3n) is 5.04. The summed E-state index contributed by atoms with van der Waals surface area (Å²) >= 11 is 0. The number of hydrogen-bond acceptors (Lipinski definition) is 2. The van der Waals surface area contributed by atoms with E-state index in [0.29, 0.717) is 6.04 Å². The summed E-state index contributed by atoms with van der Waals surface area (Å²) < 4.78 is 3.44.